The number of aryl methyl sites for hydroxylation is 3. The summed E-state index contributed by atoms with van der Waals surface area (Å²) in [6.45, 7) is 14.1. The second kappa shape index (κ2) is 21.2. The molecule has 0 saturated carbocycles. The van der Waals surface area contributed by atoms with Crippen LogP contribution >= 0.6 is 11.3 Å². The molecule has 0 bridgehead atoms. The summed E-state index contributed by atoms with van der Waals surface area (Å²) < 4.78 is 45.3. The van der Waals surface area contributed by atoms with Gasteiger partial charge in [-0.15, -0.1) is 0 Å². The number of allylic oxidation sites excluding steroid dienone is 4. The van der Waals surface area contributed by atoms with Gasteiger partial charge in [0.2, 0.25) is 11.3 Å². The van der Waals surface area contributed by atoms with Crippen LogP contribution in [0.4, 0.5) is 18.9 Å². The number of alkyl halides is 3. The zero-order valence-corrected chi connectivity index (χ0v) is 37.2. The van der Waals surface area contributed by atoms with Gasteiger partial charge in [0.05, 0.1) is 16.7 Å². The Labute approximate surface area is 351 Å². The van der Waals surface area contributed by atoms with Gasteiger partial charge < -0.3 is 10.0 Å². The Balaban J connectivity index is 1.35. The number of benzene rings is 2. The Kier molecular flexibility index (Phi) is 16.7. The van der Waals surface area contributed by atoms with E-state index in [0.29, 0.717) is 12.1 Å². The molecule has 1 aliphatic heterocycles. The van der Waals surface area contributed by atoms with Gasteiger partial charge in [-0.05, 0) is 73.7 Å². The zero-order valence-electron chi connectivity index (χ0n) is 36.4. The number of ketones is 1. The van der Waals surface area contributed by atoms with E-state index in [1.165, 1.54) is 114 Å². The molecule has 0 saturated heterocycles. The molecular weight excluding hydrogens is 750 g/mol. The molecule has 0 fully saturated rings. The van der Waals surface area contributed by atoms with Crippen LogP contribution in [0.3, 0.4) is 0 Å². The highest BCUT2D eigenvalue weighted by Crippen LogP contribution is 2.50. The van der Waals surface area contributed by atoms with Crippen molar-refractivity contribution in [1.82, 2.24) is 0 Å². The summed E-state index contributed by atoms with van der Waals surface area (Å²) in [5.41, 5.74) is 4.71. The molecule has 4 nitrogen and oxygen atoms in total. The van der Waals surface area contributed by atoms with Gasteiger partial charge in [-0.2, -0.15) is 17.7 Å². The number of carbonyl (C=O) groups excluding carboxylic acids is 1. The molecule has 5 rings (SSSR count). The Hall–Kier alpha value is -3.39. The van der Waals surface area contributed by atoms with E-state index in [0.717, 1.165) is 71.3 Å². The van der Waals surface area contributed by atoms with E-state index in [1.807, 2.05) is 19.9 Å². The molecule has 0 amide bonds. The number of aliphatic hydroxyl groups excluding tert-OH is 1. The summed E-state index contributed by atoms with van der Waals surface area (Å²) in [5, 5.41) is 12.5. The molecule has 1 N–H and O–H groups in total. The number of nitrogens with zero attached hydrogens (tertiary/aromatic N) is 2. The number of halogens is 3. The lowest BCUT2D eigenvalue weighted by Crippen LogP contribution is -2.36. The van der Waals surface area contributed by atoms with Crippen LogP contribution in [0.25, 0.3) is 16.3 Å². The number of anilines is 1. The average Bonchev–Trinajstić information content (AvgIpc) is 3.62. The van der Waals surface area contributed by atoms with Gasteiger partial charge in [0, 0.05) is 41.9 Å². The first-order valence-corrected chi connectivity index (χ1v) is 23.5. The molecule has 2 aliphatic rings. The fraction of sp³-hybridized carbons (Fsp3) is 0.600. The SMILES string of the molecule is CCCCCCCCCCCCN1C(=CC2=C(O)C(=Cc3sc4cc(C)c(C)cc4[n+]3CCCCCCCCCCCC)C2=O)C(C)(C)c2cc(C(F)(F)F)ccc21. The topological polar surface area (TPSA) is 44.4 Å². The molecule has 2 heterocycles. The maximum absolute atomic E-state index is 14.0. The number of thiazole rings is 1. The zero-order chi connectivity index (χ0) is 41.9. The normalized spacial score (nSPS) is 16.7. The predicted molar refractivity (Wildman–Crippen MR) is 238 cm³/mol. The van der Waals surface area contributed by atoms with E-state index >= 15 is 0 Å². The second-order valence-corrected chi connectivity index (χ2v) is 18.6. The number of rotatable bonds is 24. The third kappa shape index (κ3) is 11.2. The van der Waals surface area contributed by atoms with Crippen LogP contribution in [0.1, 0.15) is 183 Å². The van der Waals surface area contributed by atoms with E-state index in [4.69, 9.17) is 0 Å². The molecule has 8 heteroatoms. The Bertz CT molecular complexity index is 1950. The minimum absolute atomic E-state index is 0.0468. The Morgan fingerprint density at radius 1 is 0.741 bits per heavy atom. The number of aromatic nitrogens is 1. The first-order valence-electron chi connectivity index (χ1n) is 22.6. The van der Waals surface area contributed by atoms with Gasteiger partial charge in [0.15, 0.2) is 6.54 Å². The summed E-state index contributed by atoms with van der Waals surface area (Å²) in [4.78, 5) is 16.0. The van der Waals surface area contributed by atoms with Gasteiger partial charge >= 0.3 is 6.18 Å². The fourth-order valence-electron chi connectivity index (χ4n) is 8.73. The lowest BCUT2D eigenvalue weighted by molar-refractivity contribution is -0.669. The highest BCUT2D eigenvalue weighted by atomic mass is 32.1. The number of hydrogen-bond acceptors (Lipinski definition) is 4. The monoisotopic (exact) mass is 820 g/mol. The Morgan fingerprint density at radius 3 is 1.83 bits per heavy atom. The number of hydrogen-bond donors (Lipinski definition) is 1. The molecule has 3 aromatic rings. The van der Waals surface area contributed by atoms with Crippen molar-refractivity contribution in [3.63, 3.8) is 0 Å². The summed E-state index contributed by atoms with van der Waals surface area (Å²) in [6, 6.07) is 8.46. The van der Waals surface area contributed by atoms with E-state index in [1.54, 1.807) is 23.5 Å². The number of carbonyl (C=O) groups is 1. The van der Waals surface area contributed by atoms with Crippen molar-refractivity contribution in [3.05, 3.63) is 86.3 Å². The standard InChI is InChI=1S/C50H69F3N2O2S/c1-7-9-11-13-15-17-19-21-23-25-29-54-42-28-27-38(50(51,52)53)33-41(42)49(5,6)45(54)34-39-47(56)40(48(39)57)35-46-55(43-31-36(3)37(4)32-44(43)58-46)30-26-24-22-20-18-16-14-12-10-8-2/h27-28,31-35H,7-26,29-30H2,1-6H3/p+1. The van der Waals surface area contributed by atoms with Gasteiger partial charge in [-0.25, -0.2) is 0 Å². The predicted octanol–water partition coefficient (Wildman–Crippen LogP) is 15.1. The minimum Gasteiger partial charge on any atom is -0.506 e. The van der Waals surface area contributed by atoms with Crippen molar-refractivity contribution < 1.29 is 27.6 Å². The molecule has 0 radical (unpaired) electrons. The molecule has 2 aromatic carbocycles. The highest BCUT2D eigenvalue weighted by Gasteiger charge is 2.44. The van der Waals surface area contributed by atoms with Crippen molar-refractivity contribution in [1.29, 1.82) is 0 Å². The van der Waals surface area contributed by atoms with E-state index < -0.39 is 17.2 Å². The number of unbranched alkanes of at least 4 members (excludes halogenated alkanes) is 18. The van der Waals surface area contributed by atoms with Crippen molar-refractivity contribution >= 4 is 39.1 Å². The van der Waals surface area contributed by atoms with Gasteiger partial charge in [0.25, 0.3) is 5.01 Å². The van der Waals surface area contributed by atoms with Crippen LogP contribution in [-0.2, 0) is 22.9 Å². The van der Waals surface area contributed by atoms with Crippen molar-refractivity contribution in [2.24, 2.45) is 0 Å². The van der Waals surface area contributed by atoms with Crippen LogP contribution in [0.15, 0.2) is 59.0 Å². The summed E-state index contributed by atoms with van der Waals surface area (Å²) >= 11 is 1.64. The van der Waals surface area contributed by atoms with Gasteiger partial charge in [0.1, 0.15) is 10.5 Å². The number of fused-ring (bicyclic) bond motifs is 2. The van der Waals surface area contributed by atoms with Crippen LogP contribution in [-0.4, -0.2) is 17.4 Å². The van der Waals surface area contributed by atoms with E-state index in [2.05, 4.69) is 49.3 Å². The first kappa shape index (κ1) is 45.7. The third-order valence-corrected chi connectivity index (χ3v) is 13.7. The minimum atomic E-state index is -4.46. The van der Waals surface area contributed by atoms with Crippen molar-refractivity contribution in [2.45, 2.75) is 188 Å². The number of aliphatic hydroxyl groups is 1. The number of Topliss-reactive ketones (excluding diaryl/α,β-unsaturated/α-hetero) is 1. The molecule has 0 spiro atoms. The lowest BCUT2D eigenvalue weighted by atomic mass is 9.80. The summed E-state index contributed by atoms with van der Waals surface area (Å²) in [5.74, 6) is -0.281. The van der Waals surface area contributed by atoms with Crippen LogP contribution in [0.2, 0.25) is 0 Å². The molecule has 1 aliphatic carbocycles. The van der Waals surface area contributed by atoms with E-state index in [-0.39, 0.29) is 22.7 Å². The lowest BCUT2D eigenvalue weighted by Gasteiger charge is -2.29. The maximum atomic E-state index is 14.0. The smallest absolute Gasteiger partial charge is 0.416 e. The van der Waals surface area contributed by atoms with Crippen LogP contribution in [0, 0.1) is 13.8 Å². The average molecular weight is 820 g/mol. The van der Waals surface area contributed by atoms with E-state index in [9.17, 15) is 23.1 Å². The molecular formula is C50H70F3N2O2S+. The summed E-state index contributed by atoms with van der Waals surface area (Å²) in [7, 11) is 0. The van der Waals surface area contributed by atoms with Crippen molar-refractivity contribution in [3.8, 4) is 0 Å². The molecule has 0 unspecified atom stereocenters. The Morgan fingerprint density at radius 2 is 1.28 bits per heavy atom. The highest BCUT2D eigenvalue weighted by molar-refractivity contribution is 7.18. The summed E-state index contributed by atoms with van der Waals surface area (Å²) in [6.07, 6.45) is 23.6. The fourth-order valence-corrected chi connectivity index (χ4v) is 9.94. The second-order valence-electron chi connectivity index (χ2n) is 17.5. The molecule has 58 heavy (non-hydrogen) atoms. The van der Waals surface area contributed by atoms with Gasteiger partial charge in [-0.1, -0.05) is 148 Å². The first-order chi connectivity index (χ1) is 27.8. The maximum Gasteiger partial charge on any atom is 0.416 e. The van der Waals surface area contributed by atoms with Crippen LogP contribution in [0.5, 0.6) is 0 Å². The molecule has 318 valence electrons. The van der Waals surface area contributed by atoms with Crippen molar-refractivity contribution in [2.75, 3.05) is 11.4 Å². The molecule has 1 aromatic heterocycles. The quantitative estimate of drug-likeness (QED) is 0.0556. The third-order valence-electron chi connectivity index (χ3n) is 12.6. The van der Waals surface area contributed by atoms with Gasteiger partial charge in [-0.3, -0.25) is 4.79 Å². The molecule has 0 atom stereocenters. The largest absolute Gasteiger partial charge is 0.506 e. The van der Waals surface area contributed by atoms with Crippen LogP contribution < -0.4 is 9.47 Å².